The molecule has 3 unspecified atom stereocenters. The summed E-state index contributed by atoms with van der Waals surface area (Å²) in [6.45, 7) is 2.89. The summed E-state index contributed by atoms with van der Waals surface area (Å²) in [5.74, 6) is 1.38. The van der Waals surface area contributed by atoms with Crippen LogP contribution in [0.4, 0.5) is 0 Å². The molecule has 0 spiro atoms. The quantitative estimate of drug-likeness (QED) is 0.768. The Labute approximate surface area is 108 Å². The van der Waals surface area contributed by atoms with Crippen LogP contribution in [0.15, 0.2) is 24.3 Å². The van der Waals surface area contributed by atoms with Crippen molar-refractivity contribution in [2.24, 2.45) is 5.92 Å². The van der Waals surface area contributed by atoms with E-state index in [9.17, 15) is 0 Å². The van der Waals surface area contributed by atoms with E-state index in [0.29, 0.717) is 12.0 Å². The van der Waals surface area contributed by atoms with Gasteiger partial charge in [-0.3, -0.25) is 0 Å². The number of rotatable bonds is 4. The van der Waals surface area contributed by atoms with Gasteiger partial charge in [-0.25, -0.2) is 0 Å². The first-order valence-electron chi connectivity index (χ1n) is 6.08. The van der Waals surface area contributed by atoms with Gasteiger partial charge >= 0.3 is 0 Å². The Balaban J connectivity index is 2.00. The zero-order valence-corrected chi connectivity index (χ0v) is 11.1. The molecule has 0 saturated carbocycles. The van der Waals surface area contributed by atoms with Crippen molar-refractivity contribution in [2.75, 3.05) is 13.7 Å². The van der Waals surface area contributed by atoms with Crippen LogP contribution in [0, 0.1) is 5.92 Å². The van der Waals surface area contributed by atoms with Crippen molar-refractivity contribution >= 4 is 11.6 Å². The molecule has 0 aromatic heterocycles. The third kappa shape index (κ3) is 3.14. The van der Waals surface area contributed by atoms with Crippen LogP contribution in [0.3, 0.4) is 0 Å². The van der Waals surface area contributed by atoms with Gasteiger partial charge < -0.3 is 9.47 Å². The largest absolute Gasteiger partial charge is 0.496 e. The number of hydrogen-bond donors (Lipinski definition) is 0. The van der Waals surface area contributed by atoms with E-state index in [1.165, 1.54) is 5.56 Å². The zero-order valence-electron chi connectivity index (χ0n) is 10.4. The van der Waals surface area contributed by atoms with Crippen molar-refractivity contribution in [3.8, 4) is 5.75 Å². The smallest absolute Gasteiger partial charge is 0.122 e. The van der Waals surface area contributed by atoms with E-state index in [-0.39, 0.29) is 5.38 Å². The first kappa shape index (κ1) is 12.7. The van der Waals surface area contributed by atoms with Gasteiger partial charge in [0.1, 0.15) is 5.75 Å². The molecule has 0 aliphatic carbocycles. The summed E-state index contributed by atoms with van der Waals surface area (Å²) in [6.07, 6.45) is 2.24. The van der Waals surface area contributed by atoms with Gasteiger partial charge in [0.15, 0.2) is 0 Å². The summed E-state index contributed by atoms with van der Waals surface area (Å²) in [5.41, 5.74) is 1.18. The summed E-state index contributed by atoms with van der Waals surface area (Å²) in [4.78, 5) is 0. The molecule has 1 saturated heterocycles. The lowest BCUT2D eigenvalue weighted by Gasteiger charge is -2.17. The number of methoxy groups -OCH3 is 1. The molecule has 1 aromatic rings. The molecule has 17 heavy (non-hydrogen) atoms. The van der Waals surface area contributed by atoms with Crippen molar-refractivity contribution in [1.82, 2.24) is 0 Å². The molecule has 2 nitrogen and oxygen atoms in total. The second-order valence-corrected chi connectivity index (χ2v) is 5.23. The van der Waals surface area contributed by atoms with Crippen molar-refractivity contribution in [3.63, 3.8) is 0 Å². The van der Waals surface area contributed by atoms with Crippen molar-refractivity contribution in [1.29, 1.82) is 0 Å². The molecule has 2 rings (SSSR count). The number of hydrogen-bond acceptors (Lipinski definition) is 2. The Bertz CT molecular complexity index is 367. The highest BCUT2D eigenvalue weighted by molar-refractivity contribution is 6.21. The molecule has 1 aliphatic heterocycles. The Morgan fingerprint density at radius 2 is 2.24 bits per heavy atom. The second kappa shape index (κ2) is 5.74. The summed E-state index contributed by atoms with van der Waals surface area (Å²) in [6, 6.07) is 8.06. The van der Waals surface area contributed by atoms with E-state index in [4.69, 9.17) is 21.1 Å². The Hall–Kier alpha value is -0.730. The Kier molecular flexibility index (Phi) is 4.30. The average Bonchev–Trinajstić information content (AvgIpc) is 2.77. The fourth-order valence-electron chi connectivity index (χ4n) is 2.35. The fourth-order valence-corrected chi connectivity index (χ4v) is 2.69. The highest BCUT2D eigenvalue weighted by Crippen LogP contribution is 2.30. The van der Waals surface area contributed by atoms with Gasteiger partial charge in [-0.15, -0.1) is 11.6 Å². The summed E-state index contributed by atoms with van der Waals surface area (Å²) >= 11 is 6.48. The number of alkyl halides is 1. The molecule has 0 amide bonds. The van der Waals surface area contributed by atoms with E-state index in [0.717, 1.165) is 25.2 Å². The molecule has 0 N–H and O–H groups in total. The molecule has 3 heteroatoms. The minimum atomic E-state index is 0.122. The first-order valence-corrected chi connectivity index (χ1v) is 6.52. The highest BCUT2D eigenvalue weighted by Gasteiger charge is 2.28. The summed E-state index contributed by atoms with van der Waals surface area (Å²) in [7, 11) is 1.70. The third-order valence-corrected chi connectivity index (χ3v) is 3.86. The molecule has 3 atom stereocenters. The lowest BCUT2D eigenvalue weighted by Crippen LogP contribution is -2.18. The van der Waals surface area contributed by atoms with Gasteiger partial charge in [0, 0.05) is 11.3 Å². The van der Waals surface area contributed by atoms with E-state index >= 15 is 0 Å². The SMILES string of the molecule is COc1ccccc1CC(Cl)C1COC(C)C1. The predicted octanol–water partition coefficient (Wildman–Crippen LogP) is 3.27. The molecule has 0 bridgehead atoms. The minimum absolute atomic E-state index is 0.122. The van der Waals surface area contributed by atoms with Crippen LogP contribution in [0.2, 0.25) is 0 Å². The maximum absolute atomic E-state index is 6.48. The van der Waals surface area contributed by atoms with Crippen molar-refractivity contribution in [3.05, 3.63) is 29.8 Å². The van der Waals surface area contributed by atoms with Crippen LogP contribution in [0.5, 0.6) is 5.75 Å². The lowest BCUT2D eigenvalue weighted by atomic mass is 9.96. The van der Waals surface area contributed by atoms with Crippen LogP contribution < -0.4 is 4.74 Å². The van der Waals surface area contributed by atoms with Gasteiger partial charge in [0.05, 0.1) is 19.8 Å². The number of halogens is 1. The number of para-hydroxylation sites is 1. The standard InChI is InChI=1S/C14H19ClO2/c1-10-7-12(9-17-10)13(15)8-11-5-3-4-6-14(11)16-2/h3-6,10,12-13H,7-9H2,1-2H3. The van der Waals surface area contributed by atoms with Gasteiger partial charge in [0.25, 0.3) is 0 Å². The molecular weight excluding hydrogens is 236 g/mol. The molecule has 1 aromatic carbocycles. The van der Waals surface area contributed by atoms with Gasteiger partial charge in [-0.05, 0) is 31.4 Å². The van der Waals surface area contributed by atoms with E-state index < -0.39 is 0 Å². The number of benzene rings is 1. The maximum atomic E-state index is 6.48. The molecule has 0 radical (unpaired) electrons. The van der Waals surface area contributed by atoms with Crippen LogP contribution in [0.1, 0.15) is 18.9 Å². The molecule has 1 aliphatic rings. The van der Waals surface area contributed by atoms with Crippen LogP contribution in [-0.2, 0) is 11.2 Å². The highest BCUT2D eigenvalue weighted by atomic mass is 35.5. The third-order valence-electron chi connectivity index (χ3n) is 3.35. The molecule has 94 valence electrons. The van der Waals surface area contributed by atoms with Crippen molar-refractivity contribution < 1.29 is 9.47 Å². The van der Waals surface area contributed by atoms with Crippen LogP contribution in [-0.4, -0.2) is 25.2 Å². The maximum Gasteiger partial charge on any atom is 0.122 e. The molecule has 1 fully saturated rings. The monoisotopic (exact) mass is 254 g/mol. The first-order chi connectivity index (χ1) is 8.20. The van der Waals surface area contributed by atoms with E-state index in [2.05, 4.69) is 13.0 Å². The van der Waals surface area contributed by atoms with Crippen molar-refractivity contribution in [2.45, 2.75) is 31.2 Å². The molecular formula is C14H19ClO2. The lowest BCUT2D eigenvalue weighted by molar-refractivity contribution is 0.119. The van der Waals surface area contributed by atoms with Gasteiger partial charge in [-0.2, -0.15) is 0 Å². The predicted molar refractivity (Wildman–Crippen MR) is 69.9 cm³/mol. The topological polar surface area (TPSA) is 18.5 Å². The Morgan fingerprint density at radius 1 is 1.47 bits per heavy atom. The van der Waals surface area contributed by atoms with E-state index in [1.54, 1.807) is 7.11 Å². The normalized spacial score (nSPS) is 25.8. The summed E-state index contributed by atoms with van der Waals surface area (Å²) in [5, 5.41) is 0.122. The van der Waals surface area contributed by atoms with Gasteiger partial charge in [-0.1, -0.05) is 18.2 Å². The zero-order chi connectivity index (χ0) is 12.3. The van der Waals surface area contributed by atoms with Crippen LogP contribution in [0.25, 0.3) is 0 Å². The fraction of sp³-hybridized carbons (Fsp3) is 0.571. The second-order valence-electron chi connectivity index (χ2n) is 4.67. The summed E-state index contributed by atoms with van der Waals surface area (Å²) < 4.78 is 10.9. The van der Waals surface area contributed by atoms with E-state index in [1.807, 2.05) is 18.2 Å². The van der Waals surface area contributed by atoms with Gasteiger partial charge in [0.2, 0.25) is 0 Å². The number of ether oxygens (including phenoxy) is 2. The van der Waals surface area contributed by atoms with Crippen LogP contribution >= 0.6 is 11.6 Å². The Morgan fingerprint density at radius 3 is 2.88 bits per heavy atom. The average molecular weight is 255 g/mol. The molecule has 1 heterocycles. The minimum Gasteiger partial charge on any atom is -0.496 e.